The molecule has 12 atom stereocenters. The molecule has 0 radical (unpaired) electrons. The van der Waals surface area contributed by atoms with Crippen LogP contribution in [0.4, 0.5) is 4.79 Å². The number of esters is 1. The molecular formula is C108H145N13O17S2. The molecule has 30 nitrogen and oxygen atoms in total. The van der Waals surface area contributed by atoms with E-state index >= 15 is 43.2 Å². The van der Waals surface area contributed by atoms with Crippen molar-refractivity contribution >= 4 is 105 Å². The van der Waals surface area contributed by atoms with Crippen LogP contribution < -0.4 is 42.0 Å². The van der Waals surface area contributed by atoms with Crippen LogP contribution in [-0.4, -0.2) is 251 Å². The first kappa shape index (κ1) is 113. The van der Waals surface area contributed by atoms with Gasteiger partial charge in [-0.3, -0.25) is 62.3 Å². The summed E-state index contributed by atoms with van der Waals surface area (Å²) in [6.07, 6.45) is -0.687. The quantitative estimate of drug-likeness (QED) is 0.00806. The molecule has 0 bridgehead atoms. The molecule has 7 aromatic rings. The molecule has 1 fully saturated rings. The van der Waals surface area contributed by atoms with Gasteiger partial charge in [-0.05, 0) is 149 Å². The number of alkyl carbamates (subject to hydrolysis) is 1. The third kappa shape index (κ3) is 32.1. The fourth-order valence-electron chi connectivity index (χ4n) is 17.1. The highest BCUT2D eigenvalue weighted by Crippen LogP contribution is 2.43. The maximum atomic E-state index is 16.5. The lowest BCUT2D eigenvalue weighted by molar-refractivity contribution is -0.151. The Balaban J connectivity index is 1.11. The topological polar surface area (TPSA) is 370 Å². The minimum atomic E-state index is -1.77. The maximum absolute atomic E-state index is 16.5. The minimum absolute atomic E-state index is 0.0367. The van der Waals surface area contributed by atoms with E-state index in [2.05, 4.69) is 37.2 Å². The Labute approximate surface area is 834 Å². The summed E-state index contributed by atoms with van der Waals surface area (Å²) in [7, 11) is 9.93. The van der Waals surface area contributed by atoms with Gasteiger partial charge in [0.2, 0.25) is 70.9 Å². The number of likely N-dealkylation sites (N-methyl/N-ethyl adjacent to an activating group) is 5. The minimum Gasteiger partial charge on any atom is -0.444 e. The van der Waals surface area contributed by atoms with Crippen molar-refractivity contribution in [1.29, 1.82) is 0 Å². The lowest BCUT2D eigenvalue weighted by Gasteiger charge is -2.41. The van der Waals surface area contributed by atoms with Gasteiger partial charge in [-0.1, -0.05) is 278 Å². The van der Waals surface area contributed by atoms with Gasteiger partial charge in [0.15, 0.2) is 0 Å². The largest absolute Gasteiger partial charge is 0.444 e. The van der Waals surface area contributed by atoms with Gasteiger partial charge in [0.05, 0.1) is 24.0 Å². The van der Waals surface area contributed by atoms with Gasteiger partial charge in [0.25, 0.3) is 0 Å². The fraction of sp³-hybridized carbons (Fsp3) is 0.481. The zero-order valence-corrected chi connectivity index (χ0v) is 86.6. The van der Waals surface area contributed by atoms with Gasteiger partial charge >= 0.3 is 12.1 Å². The Morgan fingerprint density at radius 3 is 1.36 bits per heavy atom. The second-order valence-corrected chi connectivity index (χ2v) is 41.2. The second-order valence-electron chi connectivity index (χ2n) is 38.6. The molecule has 0 spiro atoms. The van der Waals surface area contributed by atoms with Crippen LogP contribution >= 0.6 is 21.6 Å². The van der Waals surface area contributed by atoms with Crippen molar-refractivity contribution in [2.75, 3.05) is 60.6 Å². The highest BCUT2D eigenvalue weighted by Gasteiger charge is 2.48. The van der Waals surface area contributed by atoms with Crippen LogP contribution in [0.15, 0.2) is 205 Å². The lowest BCUT2D eigenvalue weighted by atomic mass is 9.79. The fourth-order valence-corrected chi connectivity index (χ4v) is 18.9. The van der Waals surface area contributed by atoms with Crippen molar-refractivity contribution in [3.05, 3.63) is 239 Å². The molecule has 1 aliphatic heterocycles. The number of amides is 13. The average Bonchev–Trinajstić information content (AvgIpc) is 0.746. The van der Waals surface area contributed by atoms with Crippen molar-refractivity contribution in [3.63, 3.8) is 0 Å². The number of hydrogen-bond donors (Lipinski definition) is 7. The number of likely N-dealkylation sites (tertiary alicyclic amines) is 1. The van der Waals surface area contributed by atoms with E-state index < -0.39 is 186 Å². The molecule has 756 valence electrons. The second kappa shape index (κ2) is 53.8. The Hall–Kier alpha value is -12.4. The van der Waals surface area contributed by atoms with Crippen LogP contribution in [0.25, 0.3) is 0 Å². The monoisotopic (exact) mass is 1960 g/mol. The molecule has 7 aromatic carbocycles. The van der Waals surface area contributed by atoms with E-state index in [0.717, 1.165) is 29.9 Å². The number of piperidine rings is 1. The van der Waals surface area contributed by atoms with Crippen LogP contribution in [0.2, 0.25) is 0 Å². The molecule has 32 heteroatoms. The van der Waals surface area contributed by atoms with Crippen molar-refractivity contribution in [2.24, 2.45) is 23.7 Å². The number of carbonyl (C=O) groups excluding carboxylic acids is 14. The van der Waals surface area contributed by atoms with Crippen LogP contribution in [0.3, 0.4) is 0 Å². The highest BCUT2D eigenvalue weighted by molar-refractivity contribution is 8.76. The maximum Gasteiger partial charge on any atom is 0.408 e. The molecule has 1 unspecified atom stereocenters. The Morgan fingerprint density at radius 1 is 0.421 bits per heavy atom. The molecule has 0 saturated carbocycles. The molecule has 1 heterocycles. The van der Waals surface area contributed by atoms with Gasteiger partial charge < -0.3 is 80.8 Å². The molecule has 8 rings (SSSR count). The van der Waals surface area contributed by atoms with Gasteiger partial charge in [-0.2, -0.15) is 0 Å². The van der Waals surface area contributed by atoms with Crippen LogP contribution in [-0.2, 0) is 96.7 Å². The van der Waals surface area contributed by atoms with Crippen LogP contribution in [0.5, 0.6) is 5.75 Å². The predicted molar refractivity (Wildman–Crippen MR) is 545 cm³/mol. The highest BCUT2D eigenvalue weighted by atomic mass is 33.1. The molecular weight excluding hydrogens is 1820 g/mol. The molecule has 0 aromatic heterocycles. The van der Waals surface area contributed by atoms with Crippen LogP contribution in [0, 0.1) is 30.6 Å². The number of rotatable bonds is 48. The van der Waals surface area contributed by atoms with E-state index in [4.69, 9.17) is 14.2 Å². The summed E-state index contributed by atoms with van der Waals surface area (Å²) in [5, 5.41) is 19.7. The summed E-state index contributed by atoms with van der Waals surface area (Å²) in [6.45, 7) is 28.0. The zero-order valence-electron chi connectivity index (χ0n) is 84.9. The lowest BCUT2D eigenvalue weighted by Crippen LogP contribution is -2.63. The molecule has 7 N–H and O–H groups in total. The van der Waals surface area contributed by atoms with Gasteiger partial charge in [0, 0.05) is 73.3 Å². The first-order valence-electron chi connectivity index (χ1n) is 48.3. The van der Waals surface area contributed by atoms with E-state index in [1.165, 1.54) is 83.3 Å². The van der Waals surface area contributed by atoms with Crippen molar-refractivity contribution < 1.29 is 81.3 Å². The van der Waals surface area contributed by atoms with Crippen LogP contribution in [0.1, 0.15) is 181 Å². The first-order valence-corrected chi connectivity index (χ1v) is 50.7. The average molecular weight is 1960 g/mol. The van der Waals surface area contributed by atoms with E-state index in [-0.39, 0.29) is 55.6 Å². The predicted octanol–water partition coefficient (Wildman–Crippen LogP) is 12.2. The van der Waals surface area contributed by atoms with Crippen molar-refractivity contribution in [2.45, 2.75) is 257 Å². The third-order valence-corrected chi connectivity index (χ3v) is 27.2. The molecule has 0 aliphatic carbocycles. The Morgan fingerprint density at radius 2 is 0.871 bits per heavy atom. The molecule has 1 saturated heterocycles. The Bertz CT molecular complexity index is 5190. The van der Waals surface area contributed by atoms with Gasteiger partial charge in [0.1, 0.15) is 83.4 Å². The summed E-state index contributed by atoms with van der Waals surface area (Å²) in [6, 6.07) is 44.7. The number of hydrogen-bond acceptors (Lipinski definition) is 19. The zero-order chi connectivity index (χ0) is 103. The summed E-state index contributed by atoms with van der Waals surface area (Å²) in [5.41, 5.74) is 1.96. The molecule has 13 amide bonds. The smallest absolute Gasteiger partial charge is 0.408 e. The van der Waals surface area contributed by atoms with E-state index in [9.17, 15) is 24.0 Å². The van der Waals surface area contributed by atoms with E-state index in [0.29, 0.717) is 56.9 Å². The number of ether oxygens (including phenoxy) is 3. The summed E-state index contributed by atoms with van der Waals surface area (Å²) in [5.74, 6) is -10.6. The van der Waals surface area contributed by atoms with E-state index in [1.807, 2.05) is 132 Å². The number of aryl methyl sites for hydroxylation is 1. The number of carbonyl (C=O) groups is 14. The van der Waals surface area contributed by atoms with Crippen molar-refractivity contribution in [3.8, 4) is 5.75 Å². The van der Waals surface area contributed by atoms with E-state index in [1.54, 1.807) is 177 Å². The first-order chi connectivity index (χ1) is 66.4. The summed E-state index contributed by atoms with van der Waals surface area (Å²) >= 11 is 0. The van der Waals surface area contributed by atoms with Crippen molar-refractivity contribution in [1.82, 2.24) is 66.6 Å². The van der Waals surface area contributed by atoms with Gasteiger partial charge in [-0.25, -0.2) is 4.79 Å². The third-order valence-electron chi connectivity index (χ3n) is 24.8. The number of nitrogens with zero attached hydrogens (tertiary/aromatic N) is 6. The number of para-hydroxylation sites is 1. The summed E-state index contributed by atoms with van der Waals surface area (Å²) in [4.78, 5) is 219. The SMILES string of the molecule is CCSSc1cccc(C)c1OC(=O)C[C@H](NC(=O)[C@H](Cc1ccccc1)NC(=O)[C@H](C(C)C)N(C)C(=O)[C@H](CC(C)C)N(C)C(=O)CNC(=O)[C@H](Cc1ccccc1)N(C)C(=O)[C@@H](NC(=O)[C@H](CC(C)C)N(C)C(=O)[C@@H](NC(=O)[C@H](C)NC(=O)OC(C)(C)C)C(C)C)[C@@H](C)OC(c1ccccc1)(c1ccccc1)c1ccccc1)C(=O)N(C)C(Cc1ccccc1)C(=O)N[C@@H](C)C(=O)N1CCCCC1. The Kier molecular flexibility index (Phi) is 43.4. The van der Waals surface area contributed by atoms with Gasteiger partial charge in [-0.15, -0.1) is 0 Å². The number of nitrogens with one attached hydrogen (secondary N) is 7. The standard InChI is InChI=1S/C108H145N13O17S2/c1-22-139-140-88-58-44-45-72(10)94(88)136-90(123)66-83(102(131)117(18)86(65-78-50-34-25-35-51-78)98(127)110-74(12)101(130)121-59-42-29-43-60-121)113-96(125)82(63-76-46-30-23-31-47-76)112-100(129)93(71(8)9)120(21)103(132)87(62-69(4)5)116(17)89(122)67-109-97(126)85(64-77-48-32-24-33-49-77)119(20)105(134)92(75(13)137-108(79-52-36-26-37-53-79,80-54-38-27-39-55-80)81-56-40-28-41-57-81)115-99(128)84(61-68(2)3)118(19)104(133)91(70(6)7)114-95(124)73(11)111-106(135)138-107(14,15)16/h23-28,30-41,44-58,68-71,73-75,82-87,91-93H,22,29,42-43,59-67H2,1-21H3,(H,109,126)(H,110,127)(H,111,135)(H,112,129)(H,113,125)(H,114,124)(H,115,128)/t73-,74-,75+,82-,83-,84-,85-,86?,87-,91-,92-,93-/m0/s1. The molecule has 140 heavy (non-hydrogen) atoms. The normalized spacial score (nSPS) is 14.8. The summed E-state index contributed by atoms with van der Waals surface area (Å²) < 4.78 is 19.1. The molecule has 1 aliphatic rings. The number of benzene rings is 7.